The van der Waals surface area contributed by atoms with Crippen molar-refractivity contribution in [2.45, 2.75) is 90.8 Å². The molecule has 0 aliphatic carbocycles. The molecule has 1 saturated heterocycles. The summed E-state index contributed by atoms with van der Waals surface area (Å²) in [5.41, 5.74) is 5.09. The van der Waals surface area contributed by atoms with Gasteiger partial charge >= 0.3 is 13.9 Å². The summed E-state index contributed by atoms with van der Waals surface area (Å²) in [6.07, 6.45) is 0.297. The number of para-hydroxylation sites is 1. The molecule has 0 unspecified atom stereocenters. The number of ether oxygens (including phenoxy) is 1. The molecule has 0 aromatic heterocycles. The van der Waals surface area contributed by atoms with E-state index in [0.717, 1.165) is 33.4 Å². The average Bonchev–Trinajstić information content (AvgIpc) is 3.29. The van der Waals surface area contributed by atoms with Crippen molar-refractivity contribution in [3.05, 3.63) is 173 Å². The van der Waals surface area contributed by atoms with Gasteiger partial charge in [-0.2, -0.15) is 0 Å². The number of urea groups is 1. The Kier molecular flexibility index (Phi) is 17.7. The summed E-state index contributed by atoms with van der Waals surface area (Å²) in [7, 11) is -4.48. The minimum atomic E-state index is -4.48. The second-order valence-corrected chi connectivity index (χ2v) is 18.2. The van der Waals surface area contributed by atoms with Gasteiger partial charge in [0.1, 0.15) is 11.8 Å². The van der Waals surface area contributed by atoms with Crippen LogP contribution in [0.4, 0.5) is 4.79 Å². The molecule has 64 heavy (non-hydrogen) atoms. The van der Waals surface area contributed by atoms with Crippen LogP contribution in [0.2, 0.25) is 0 Å². The first-order valence-corrected chi connectivity index (χ1v) is 23.5. The van der Waals surface area contributed by atoms with Gasteiger partial charge in [-0.15, -0.1) is 0 Å². The monoisotopic (exact) mass is 888 g/mol. The Morgan fingerprint density at radius 3 is 1.73 bits per heavy atom. The van der Waals surface area contributed by atoms with Crippen molar-refractivity contribution in [1.82, 2.24) is 20.9 Å². The standard InChI is InChI=1S/C51H61N4O8P/c1-37(2)48(55-30-18-29-52-51(55)58)50(57)53-44(31-40-21-9-5-10-22-40)33-46(63-64(59,61-34-42-25-13-7-14-26-42)62-35-43-27-15-8-16-28-43)45(32-41-23-11-6-12-24-41)54-47(56)36-60-49-38(3)19-17-20-39(49)4/h5-17,19-28,37,44-46,48H,18,29-36H2,1-4H3,(H,52,58)(H,53,57)(H,54,56)/t44-,45-,46-,48-/m0/s1. The van der Waals surface area contributed by atoms with Crippen LogP contribution >= 0.6 is 7.82 Å². The molecular weight excluding hydrogens is 828 g/mol. The van der Waals surface area contributed by atoms with Gasteiger partial charge in [0.2, 0.25) is 5.91 Å². The van der Waals surface area contributed by atoms with Crippen molar-refractivity contribution in [1.29, 1.82) is 0 Å². The summed E-state index contributed by atoms with van der Waals surface area (Å²) >= 11 is 0. The predicted octanol–water partition coefficient (Wildman–Crippen LogP) is 8.89. The van der Waals surface area contributed by atoms with E-state index in [-0.39, 0.29) is 50.5 Å². The molecule has 1 aliphatic heterocycles. The van der Waals surface area contributed by atoms with E-state index in [1.165, 1.54) is 0 Å². The van der Waals surface area contributed by atoms with E-state index >= 15 is 4.57 Å². The highest BCUT2D eigenvalue weighted by atomic mass is 31.2. The molecule has 0 radical (unpaired) electrons. The van der Waals surface area contributed by atoms with Crippen LogP contribution in [0.3, 0.4) is 0 Å². The van der Waals surface area contributed by atoms with E-state index in [0.29, 0.717) is 31.7 Å². The second-order valence-electron chi connectivity index (χ2n) is 16.6. The highest BCUT2D eigenvalue weighted by Crippen LogP contribution is 2.53. The predicted molar refractivity (Wildman–Crippen MR) is 248 cm³/mol. The van der Waals surface area contributed by atoms with Crippen molar-refractivity contribution >= 4 is 25.7 Å². The lowest BCUT2D eigenvalue weighted by Crippen LogP contribution is -2.59. The van der Waals surface area contributed by atoms with Gasteiger partial charge in [0, 0.05) is 19.1 Å². The number of amides is 4. The van der Waals surface area contributed by atoms with Crippen LogP contribution in [-0.2, 0) is 53.8 Å². The summed E-state index contributed by atoms with van der Waals surface area (Å²) < 4.78 is 40.5. The summed E-state index contributed by atoms with van der Waals surface area (Å²) in [4.78, 5) is 43.4. The number of hydrogen-bond acceptors (Lipinski definition) is 8. The summed E-state index contributed by atoms with van der Waals surface area (Å²) in [6.45, 7) is 8.19. The molecule has 5 aromatic carbocycles. The maximum atomic E-state index is 15.3. The number of aryl methyl sites for hydroxylation is 2. The second kappa shape index (κ2) is 23.8. The number of carbonyl (C=O) groups is 3. The van der Waals surface area contributed by atoms with Crippen LogP contribution in [0.15, 0.2) is 140 Å². The van der Waals surface area contributed by atoms with Crippen LogP contribution in [0.5, 0.6) is 5.75 Å². The Morgan fingerprint density at radius 1 is 0.703 bits per heavy atom. The van der Waals surface area contributed by atoms with Gasteiger partial charge in [-0.1, -0.05) is 153 Å². The Bertz CT molecular complexity index is 2220. The van der Waals surface area contributed by atoms with Gasteiger partial charge in [-0.05, 0) is 78.8 Å². The number of rotatable bonds is 23. The zero-order valence-electron chi connectivity index (χ0n) is 37.2. The summed E-state index contributed by atoms with van der Waals surface area (Å²) in [5, 5.41) is 9.33. The van der Waals surface area contributed by atoms with E-state index in [1.54, 1.807) is 4.90 Å². The van der Waals surface area contributed by atoms with Crippen LogP contribution < -0.4 is 20.7 Å². The lowest BCUT2D eigenvalue weighted by Gasteiger charge is -2.38. The minimum absolute atomic E-state index is 0.0561. The van der Waals surface area contributed by atoms with Crippen LogP contribution in [0.25, 0.3) is 0 Å². The molecular formula is C51H61N4O8P. The molecule has 338 valence electrons. The Hall–Kier alpha value is -5.78. The maximum Gasteiger partial charge on any atom is 0.475 e. The summed E-state index contributed by atoms with van der Waals surface area (Å²) in [5.74, 6) is -0.359. The minimum Gasteiger partial charge on any atom is -0.483 e. The van der Waals surface area contributed by atoms with Gasteiger partial charge < -0.3 is 25.6 Å². The van der Waals surface area contributed by atoms with Crippen LogP contribution in [0, 0.1) is 19.8 Å². The number of nitrogens with zero attached hydrogens (tertiary/aromatic N) is 1. The van der Waals surface area contributed by atoms with Gasteiger partial charge in [-0.25, -0.2) is 9.36 Å². The van der Waals surface area contributed by atoms with Crippen molar-refractivity contribution in [2.24, 2.45) is 5.92 Å². The van der Waals surface area contributed by atoms with Gasteiger partial charge in [-0.3, -0.25) is 23.2 Å². The van der Waals surface area contributed by atoms with E-state index in [1.807, 2.05) is 167 Å². The SMILES string of the molecule is Cc1cccc(C)c1OCC(=O)N[C@@H](Cc1ccccc1)[C@H](C[C@H](Cc1ccccc1)NC(=O)[C@H](C(C)C)N1CCCNC1=O)OP(=O)(OCc1ccccc1)OCc1ccccc1. The van der Waals surface area contributed by atoms with E-state index < -0.39 is 38.0 Å². The fourth-order valence-corrected chi connectivity index (χ4v) is 9.31. The van der Waals surface area contributed by atoms with Crippen molar-refractivity contribution in [2.75, 3.05) is 19.7 Å². The quantitative estimate of drug-likeness (QED) is 0.0552. The lowest BCUT2D eigenvalue weighted by molar-refractivity contribution is -0.128. The molecule has 5 aromatic rings. The lowest BCUT2D eigenvalue weighted by atomic mass is 9.92. The molecule has 12 nitrogen and oxygen atoms in total. The number of carbonyl (C=O) groups excluding carboxylic acids is 3. The number of phosphoric ester groups is 1. The normalized spacial score (nSPS) is 14.8. The molecule has 0 saturated carbocycles. The first-order valence-electron chi connectivity index (χ1n) is 22.0. The first kappa shape index (κ1) is 47.7. The van der Waals surface area contributed by atoms with E-state index in [4.69, 9.17) is 18.3 Å². The van der Waals surface area contributed by atoms with Gasteiger partial charge in [0.15, 0.2) is 6.61 Å². The third-order valence-electron chi connectivity index (χ3n) is 11.1. The van der Waals surface area contributed by atoms with Crippen LogP contribution in [-0.4, -0.2) is 66.7 Å². The number of benzene rings is 5. The highest BCUT2D eigenvalue weighted by molar-refractivity contribution is 7.48. The van der Waals surface area contributed by atoms with Crippen molar-refractivity contribution in [3.63, 3.8) is 0 Å². The number of nitrogens with one attached hydrogen (secondary N) is 3. The first-order chi connectivity index (χ1) is 31.0. The molecule has 4 amide bonds. The molecule has 0 spiro atoms. The molecule has 1 aliphatic rings. The summed E-state index contributed by atoms with van der Waals surface area (Å²) in [6, 6.07) is 41.2. The fraction of sp³-hybridized carbons (Fsp3) is 0.353. The molecule has 1 fully saturated rings. The number of phosphoric acid groups is 1. The Balaban J connectivity index is 1.39. The van der Waals surface area contributed by atoms with Crippen molar-refractivity contribution in [3.8, 4) is 5.75 Å². The molecule has 1 heterocycles. The molecule has 4 atom stereocenters. The van der Waals surface area contributed by atoms with Crippen molar-refractivity contribution < 1.29 is 37.3 Å². The number of hydrogen-bond donors (Lipinski definition) is 3. The third-order valence-corrected chi connectivity index (χ3v) is 12.5. The Labute approximate surface area is 377 Å². The molecule has 3 N–H and O–H groups in total. The molecule has 0 bridgehead atoms. The largest absolute Gasteiger partial charge is 0.483 e. The van der Waals surface area contributed by atoms with Gasteiger partial charge in [0.05, 0.1) is 25.4 Å². The third kappa shape index (κ3) is 14.4. The molecule has 13 heteroatoms. The smallest absolute Gasteiger partial charge is 0.475 e. The highest BCUT2D eigenvalue weighted by Gasteiger charge is 2.40. The Morgan fingerprint density at radius 2 is 1.22 bits per heavy atom. The zero-order chi connectivity index (χ0) is 45.3. The molecule has 6 rings (SSSR count). The topological polar surface area (TPSA) is 145 Å². The van der Waals surface area contributed by atoms with E-state index in [2.05, 4.69) is 16.0 Å². The van der Waals surface area contributed by atoms with E-state index in [9.17, 15) is 14.4 Å². The van der Waals surface area contributed by atoms with Crippen LogP contribution in [0.1, 0.15) is 60.1 Å². The fourth-order valence-electron chi connectivity index (χ4n) is 7.93. The maximum absolute atomic E-state index is 15.3. The zero-order valence-corrected chi connectivity index (χ0v) is 38.1. The average molecular weight is 889 g/mol. The van der Waals surface area contributed by atoms with Gasteiger partial charge in [0.25, 0.3) is 5.91 Å².